The number of rotatable bonds is 7. The van der Waals surface area contributed by atoms with Gasteiger partial charge in [0, 0.05) is 10.6 Å². The molecule has 0 aromatic heterocycles. The zero-order valence-corrected chi connectivity index (χ0v) is 22.2. The lowest BCUT2D eigenvalue weighted by Gasteiger charge is -2.19. The van der Waals surface area contributed by atoms with Crippen LogP contribution in [0, 0.1) is 13.8 Å². The smallest absolute Gasteiger partial charge is 0.345 e. The maximum Gasteiger partial charge on any atom is 0.405 e. The Hall–Kier alpha value is -2.56. The lowest BCUT2D eigenvalue weighted by molar-refractivity contribution is -0.140. The number of carbonyl (C=O) groups is 2. The van der Waals surface area contributed by atoms with E-state index in [1.165, 1.54) is 36.4 Å². The zero-order valence-electron chi connectivity index (χ0n) is 20.7. The SMILES string of the molecule is CNC1(C(=O)NCC(F)(F)F)CC1.Cc1cc(C(/C=C/c2ccc(C=O)c(Cl)c2)C(F)(F)F)cc(Cl)c1C. The molecular weight excluding hydrogens is 557 g/mol. The van der Waals surface area contributed by atoms with Gasteiger partial charge in [0.2, 0.25) is 5.91 Å². The molecule has 38 heavy (non-hydrogen) atoms. The van der Waals surface area contributed by atoms with Crippen LogP contribution in [0.4, 0.5) is 26.3 Å². The molecule has 2 aromatic carbocycles. The predicted molar refractivity (Wildman–Crippen MR) is 136 cm³/mol. The second kappa shape index (κ2) is 12.5. The van der Waals surface area contributed by atoms with Gasteiger partial charge in [-0.3, -0.25) is 9.59 Å². The number of nitrogens with one attached hydrogen (secondary N) is 2. The van der Waals surface area contributed by atoms with Gasteiger partial charge < -0.3 is 10.6 Å². The number of aldehydes is 1. The topological polar surface area (TPSA) is 58.2 Å². The first kappa shape index (κ1) is 31.7. The highest BCUT2D eigenvalue weighted by molar-refractivity contribution is 6.33. The zero-order chi connectivity index (χ0) is 28.9. The molecule has 0 saturated heterocycles. The Bertz CT molecular complexity index is 1170. The average Bonchev–Trinajstić information content (AvgIpc) is 3.62. The molecule has 2 N–H and O–H groups in total. The fourth-order valence-electron chi connectivity index (χ4n) is 3.45. The standard InChI is InChI=1S/C19H15Cl2F3O.C7H11F3N2O/c1-11-7-15(9-17(20)12(11)2)16(19(22,23)24)6-4-13-3-5-14(10-25)18(21)8-13;1-11-6(2-3-6)5(13)12-4-7(8,9)10/h3-10,16H,1-2H3;11H,2-4H2,1H3,(H,12,13)/b6-4+;. The van der Waals surface area contributed by atoms with Gasteiger partial charge in [-0.1, -0.05) is 47.5 Å². The summed E-state index contributed by atoms with van der Waals surface area (Å²) in [6, 6.07) is 7.28. The molecule has 0 spiro atoms. The van der Waals surface area contributed by atoms with Crippen LogP contribution in [0.5, 0.6) is 0 Å². The van der Waals surface area contributed by atoms with Crippen molar-refractivity contribution in [2.24, 2.45) is 0 Å². The minimum Gasteiger partial charge on any atom is -0.345 e. The van der Waals surface area contributed by atoms with Gasteiger partial charge in [-0.05, 0) is 74.2 Å². The first-order valence-electron chi connectivity index (χ1n) is 11.3. The third-order valence-electron chi connectivity index (χ3n) is 6.08. The Morgan fingerprint density at radius 2 is 1.68 bits per heavy atom. The van der Waals surface area contributed by atoms with E-state index in [9.17, 15) is 35.9 Å². The molecule has 4 nitrogen and oxygen atoms in total. The largest absolute Gasteiger partial charge is 0.405 e. The molecule has 1 aliphatic carbocycles. The highest BCUT2D eigenvalue weighted by Crippen LogP contribution is 2.39. The van der Waals surface area contributed by atoms with E-state index in [2.05, 4.69) is 5.32 Å². The van der Waals surface area contributed by atoms with Crippen molar-refractivity contribution in [2.45, 2.75) is 50.5 Å². The van der Waals surface area contributed by atoms with Crippen LogP contribution in [0.2, 0.25) is 10.0 Å². The van der Waals surface area contributed by atoms with Crippen molar-refractivity contribution >= 4 is 41.5 Å². The van der Waals surface area contributed by atoms with Gasteiger partial charge >= 0.3 is 12.4 Å². The van der Waals surface area contributed by atoms with E-state index in [1.54, 1.807) is 20.9 Å². The molecule has 0 radical (unpaired) electrons. The first-order valence-corrected chi connectivity index (χ1v) is 12.1. The summed E-state index contributed by atoms with van der Waals surface area (Å²) in [4.78, 5) is 21.9. The van der Waals surface area contributed by atoms with Crippen molar-refractivity contribution in [3.05, 3.63) is 74.3 Å². The molecule has 3 rings (SSSR count). The molecule has 1 fully saturated rings. The van der Waals surface area contributed by atoms with Gasteiger partial charge in [-0.15, -0.1) is 0 Å². The van der Waals surface area contributed by atoms with Crippen LogP contribution in [0.25, 0.3) is 6.08 Å². The molecule has 1 unspecified atom stereocenters. The maximum atomic E-state index is 13.5. The minimum atomic E-state index is -4.46. The van der Waals surface area contributed by atoms with Crippen LogP contribution < -0.4 is 10.6 Å². The van der Waals surface area contributed by atoms with E-state index in [-0.39, 0.29) is 16.1 Å². The van der Waals surface area contributed by atoms with Crippen LogP contribution in [0.1, 0.15) is 51.4 Å². The number of aryl methyl sites for hydroxylation is 1. The highest BCUT2D eigenvalue weighted by Gasteiger charge is 2.49. The maximum absolute atomic E-state index is 13.5. The molecule has 0 heterocycles. The number of carbonyl (C=O) groups excluding carboxylic acids is 2. The van der Waals surface area contributed by atoms with E-state index >= 15 is 0 Å². The molecule has 12 heteroatoms. The van der Waals surface area contributed by atoms with Crippen LogP contribution >= 0.6 is 23.2 Å². The highest BCUT2D eigenvalue weighted by atomic mass is 35.5. The average molecular weight is 583 g/mol. The molecule has 1 saturated carbocycles. The van der Waals surface area contributed by atoms with Crippen molar-refractivity contribution in [1.29, 1.82) is 0 Å². The summed E-state index contributed by atoms with van der Waals surface area (Å²) in [5.74, 6) is -2.36. The fourth-order valence-corrected chi connectivity index (χ4v) is 3.96. The monoisotopic (exact) mass is 582 g/mol. The van der Waals surface area contributed by atoms with Crippen molar-refractivity contribution in [3.8, 4) is 0 Å². The Kier molecular flexibility index (Phi) is 10.4. The Labute approximate surface area is 226 Å². The summed E-state index contributed by atoms with van der Waals surface area (Å²) in [6.07, 6.45) is -4.60. The molecule has 1 amide bonds. The molecule has 0 aliphatic heterocycles. The number of halogens is 8. The van der Waals surface area contributed by atoms with Gasteiger partial charge in [-0.25, -0.2) is 0 Å². The fraction of sp³-hybridized carbons (Fsp3) is 0.385. The van der Waals surface area contributed by atoms with Gasteiger partial charge in [0.05, 0.1) is 16.5 Å². The number of alkyl halides is 6. The third kappa shape index (κ3) is 8.74. The second-order valence-electron chi connectivity index (χ2n) is 8.85. The quantitative estimate of drug-likeness (QED) is 0.268. The van der Waals surface area contributed by atoms with Gasteiger partial charge in [0.25, 0.3) is 0 Å². The van der Waals surface area contributed by atoms with Gasteiger partial charge in [0.15, 0.2) is 6.29 Å². The lowest BCUT2D eigenvalue weighted by Crippen LogP contribution is -2.47. The molecule has 208 valence electrons. The molecule has 1 aliphatic rings. The van der Waals surface area contributed by atoms with E-state index in [0.717, 1.165) is 11.6 Å². The number of amides is 1. The van der Waals surface area contributed by atoms with E-state index < -0.39 is 36.3 Å². The summed E-state index contributed by atoms with van der Waals surface area (Å²) in [6.45, 7) is 2.23. The van der Waals surface area contributed by atoms with Crippen LogP contribution in [-0.2, 0) is 4.79 Å². The summed E-state index contributed by atoms with van der Waals surface area (Å²) < 4.78 is 75.6. The Morgan fingerprint density at radius 1 is 1.05 bits per heavy atom. The van der Waals surface area contributed by atoms with Crippen molar-refractivity contribution < 1.29 is 35.9 Å². The molecular formula is C26H26Cl2F6N2O2. The number of hydrogen-bond acceptors (Lipinski definition) is 3. The molecule has 1 atom stereocenters. The van der Waals surface area contributed by atoms with Crippen LogP contribution in [-0.4, -0.2) is 43.7 Å². The summed E-state index contributed by atoms with van der Waals surface area (Å²) in [5, 5.41) is 5.05. The summed E-state index contributed by atoms with van der Waals surface area (Å²) >= 11 is 11.9. The lowest BCUT2D eigenvalue weighted by atomic mass is 9.94. The van der Waals surface area contributed by atoms with Crippen molar-refractivity contribution in [3.63, 3.8) is 0 Å². The van der Waals surface area contributed by atoms with Gasteiger partial charge in [-0.2, -0.15) is 26.3 Å². The van der Waals surface area contributed by atoms with Crippen molar-refractivity contribution in [1.82, 2.24) is 10.6 Å². The Morgan fingerprint density at radius 3 is 2.13 bits per heavy atom. The number of hydrogen-bond donors (Lipinski definition) is 2. The van der Waals surface area contributed by atoms with Crippen LogP contribution in [0.15, 0.2) is 36.4 Å². The number of allylic oxidation sites excluding steroid dienone is 1. The second-order valence-corrected chi connectivity index (χ2v) is 9.67. The molecule has 0 bridgehead atoms. The number of likely N-dealkylation sites (N-methyl/N-ethyl adjacent to an activating group) is 1. The van der Waals surface area contributed by atoms with E-state index in [0.29, 0.717) is 35.3 Å². The van der Waals surface area contributed by atoms with Crippen molar-refractivity contribution in [2.75, 3.05) is 13.6 Å². The van der Waals surface area contributed by atoms with E-state index in [1.807, 2.05) is 5.32 Å². The van der Waals surface area contributed by atoms with Gasteiger partial charge in [0.1, 0.15) is 6.54 Å². The summed E-state index contributed by atoms with van der Waals surface area (Å²) in [7, 11) is 1.57. The third-order valence-corrected chi connectivity index (χ3v) is 6.80. The number of benzene rings is 2. The van der Waals surface area contributed by atoms with E-state index in [4.69, 9.17) is 23.2 Å². The first-order chi connectivity index (χ1) is 17.5. The Balaban J connectivity index is 0.000000328. The summed E-state index contributed by atoms with van der Waals surface area (Å²) in [5.41, 5.74) is 1.56. The predicted octanol–water partition coefficient (Wildman–Crippen LogP) is 7.20. The normalized spacial score (nSPS) is 15.4. The minimum absolute atomic E-state index is 0.0764. The molecule has 2 aromatic rings. The van der Waals surface area contributed by atoms with Crippen LogP contribution in [0.3, 0.4) is 0 Å².